The topological polar surface area (TPSA) is 66.5 Å². The maximum Gasteiger partial charge on any atom is 0.228 e. The highest BCUT2D eigenvalue weighted by molar-refractivity contribution is 7.89. The van der Waals surface area contributed by atoms with Crippen LogP contribution in [0.15, 0.2) is 18.2 Å². The minimum atomic E-state index is -3.23. The molecular formula is C17H26N2O3S. The molecule has 1 saturated heterocycles. The van der Waals surface area contributed by atoms with Gasteiger partial charge in [0.05, 0.1) is 11.7 Å². The molecule has 1 N–H and O–H groups in total. The largest absolute Gasteiger partial charge is 0.326 e. The van der Waals surface area contributed by atoms with Gasteiger partial charge in [0.15, 0.2) is 0 Å². The second-order valence-corrected chi connectivity index (χ2v) is 8.41. The molecular weight excluding hydrogens is 312 g/mol. The lowest BCUT2D eigenvalue weighted by atomic mass is 9.98. The summed E-state index contributed by atoms with van der Waals surface area (Å²) in [4.78, 5) is 12.5. The number of carbonyl (C=O) groups is 1. The number of sulfonamides is 1. The third-order valence-electron chi connectivity index (χ3n) is 4.25. The second-order valence-electron chi connectivity index (χ2n) is 6.32. The van der Waals surface area contributed by atoms with Crippen LogP contribution in [0.1, 0.15) is 37.3 Å². The summed E-state index contributed by atoms with van der Waals surface area (Å²) < 4.78 is 25.9. The number of anilines is 1. The number of hydrogen-bond acceptors (Lipinski definition) is 3. The Morgan fingerprint density at radius 1 is 1.35 bits per heavy atom. The van der Waals surface area contributed by atoms with E-state index in [9.17, 15) is 13.2 Å². The van der Waals surface area contributed by atoms with E-state index in [0.29, 0.717) is 19.5 Å². The Labute approximate surface area is 139 Å². The van der Waals surface area contributed by atoms with Crippen LogP contribution in [-0.4, -0.2) is 37.5 Å². The highest BCUT2D eigenvalue weighted by Crippen LogP contribution is 2.23. The van der Waals surface area contributed by atoms with Crippen molar-refractivity contribution in [3.8, 4) is 0 Å². The molecule has 1 aromatic carbocycles. The van der Waals surface area contributed by atoms with E-state index in [4.69, 9.17) is 0 Å². The van der Waals surface area contributed by atoms with Crippen molar-refractivity contribution in [2.24, 2.45) is 5.92 Å². The number of amides is 1. The van der Waals surface area contributed by atoms with Crippen molar-refractivity contribution in [1.82, 2.24) is 4.31 Å². The van der Waals surface area contributed by atoms with E-state index in [1.165, 1.54) is 4.31 Å². The number of piperidine rings is 1. The van der Waals surface area contributed by atoms with Gasteiger partial charge in [-0.1, -0.05) is 24.6 Å². The Bertz CT molecular complexity index is 670. The molecule has 0 bridgehead atoms. The van der Waals surface area contributed by atoms with Crippen molar-refractivity contribution in [3.63, 3.8) is 0 Å². The minimum Gasteiger partial charge on any atom is -0.326 e. The van der Waals surface area contributed by atoms with Crippen LogP contribution in [0.3, 0.4) is 0 Å². The van der Waals surface area contributed by atoms with Crippen LogP contribution in [0.25, 0.3) is 0 Å². The van der Waals surface area contributed by atoms with Gasteiger partial charge in [-0.3, -0.25) is 4.79 Å². The minimum absolute atomic E-state index is 0.0895. The van der Waals surface area contributed by atoms with Gasteiger partial charge in [0.2, 0.25) is 15.9 Å². The van der Waals surface area contributed by atoms with Gasteiger partial charge in [-0.05, 0) is 44.7 Å². The van der Waals surface area contributed by atoms with Gasteiger partial charge >= 0.3 is 0 Å². The average molecular weight is 338 g/mol. The molecule has 1 heterocycles. The van der Waals surface area contributed by atoms with Gasteiger partial charge in [0, 0.05) is 18.8 Å². The van der Waals surface area contributed by atoms with Crippen LogP contribution < -0.4 is 5.32 Å². The summed E-state index contributed by atoms with van der Waals surface area (Å²) in [6.45, 7) is 6.64. The van der Waals surface area contributed by atoms with E-state index in [0.717, 1.165) is 29.7 Å². The fourth-order valence-electron chi connectivity index (χ4n) is 2.98. The predicted octanol–water partition coefficient (Wildman–Crippen LogP) is 2.69. The lowest BCUT2D eigenvalue weighted by Crippen LogP contribution is -2.44. The molecule has 128 valence electrons. The molecule has 1 atom stereocenters. The number of nitrogens with zero attached hydrogens (tertiary/aromatic N) is 1. The number of carbonyl (C=O) groups excluding carboxylic acids is 1. The quantitative estimate of drug-likeness (QED) is 0.897. The Morgan fingerprint density at radius 2 is 2.09 bits per heavy atom. The summed E-state index contributed by atoms with van der Waals surface area (Å²) >= 11 is 0. The molecule has 0 aromatic heterocycles. The van der Waals surface area contributed by atoms with Gasteiger partial charge in [-0.2, -0.15) is 0 Å². The van der Waals surface area contributed by atoms with E-state index in [1.807, 2.05) is 39.0 Å². The first-order valence-electron chi connectivity index (χ1n) is 8.19. The standard InChI is InChI=1S/C17H26N2O3S/c1-4-10-23(21,22)19-9-5-6-15(12-19)17(20)18-16-8-7-13(2)11-14(16)3/h7-8,11,15H,4-6,9-10,12H2,1-3H3,(H,18,20). The number of benzene rings is 1. The normalized spacial score (nSPS) is 19.5. The van der Waals surface area contributed by atoms with Crippen molar-refractivity contribution in [3.05, 3.63) is 29.3 Å². The zero-order chi connectivity index (χ0) is 17.0. The van der Waals surface area contributed by atoms with E-state index in [2.05, 4.69) is 5.32 Å². The lowest BCUT2D eigenvalue weighted by molar-refractivity contribution is -0.120. The van der Waals surface area contributed by atoms with E-state index in [-0.39, 0.29) is 17.6 Å². The Balaban J connectivity index is 2.05. The first-order valence-corrected chi connectivity index (χ1v) is 9.80. The molecule has 5 nitrogen and oxygen atoms in total. The molecule has 1 aromatic rings. The number of hydrogen-bond donors (Lipinski definition) is 1. The summed E-state index contributed by atoms with van der Waals surface area (Å²) in [5.74, 6) is -0.220. The van der Waals surface area contributed by atoms with Gasteiger partial charge in [0.25, 0.3) is 0 Å². The van der Waals surface area contributed by atoms with Crippen LogP contribution in [0.5, 0.6) is 0 Å². The molecule has 1 amide bonds. The summed E-state index contributed by atoms with van der Waals surface area (Å²) in [5.41, 5.74) is 2.97. The molecule has 0 saturated carbocycles. The zero-order valence-electron chi connectivity index (χ0n) is 14.1. The molecule has 1 aliphatic rings. The van der Waals surface area contributed by atoms with Crippen molar-refractivity contribution < 1.29 is 13.2 Å². The molecule has 0 radical (unpaired) electrons. The Morgan fingerprint density at radius 3 is 2.74 bits per heavy atom. The van der Waals surface area contributed by atoms with Crippen LogP contribution in [0.2, 0.25) is 0 Å². The summed E-state index contributed by atoms with van der Waals surface area (Å²) in [6.07, 6.45) is 2.06. The molecule has 23 heavy (non-hydrogen) atoms. The molecule has 0 aliphatic carbocycles. The van der Waals surface area contributed by atoms with Crippen LogP contribution in [0, 0.1) is 19.8 Å². The predicted molar refractivity (Wildman–Crippen MR) is 92.9 cm³/mol. The zero-order valence-corrected chi connectivity index (χ0v) is 14.9. The van der Waals surface area contributed by atoms with E-state index in [1.54, 1.807) is 0 Å². The number of aryl methyl sites for hydroxylation is 2. The van der Waals surface area contributed by atoms with E-state index >= 15 is 0 Å². The van der Waals surface area contributed by atoms with Crippen LogP contribution in [0.4, 0.5) is 5.69 Å². The third kappa shape index (κ3) is 4.54. The van der Waals surface area contributed by atoms with Crippen molar-refractivity contribution in [2.45, 2.75) is 40.0 Å². The second kappa shape index (κ2) is 7.45. The van der Waals surface area contributed by atoms with Crippen molar-refractivity contribution >= 4 is 21.6 Å². The SMILES string of the molecule is CCCS(=O)(=O)N1CCCC(C(=O)Nc2ccc(C)cc2C)C1. The molecule has 2 rings (SSSR count). The third-order valence-corrected chi connectivity index (χ3v) is 6.29. The maximum absolute atomic E-state index is 12.5. The molecule has 1 unspecified atom stereocenters. The number of nitrogens with one attached hydrogen (secondary N) is 1. The van der Waals surface area contributed by atoms with Crippen molar-refractivity contribution in [1.29, 1.82) is 0 Å². The van der Waals surface area contributed by atoms with Crippen molar-refractivity contribution in [2.75, 3.05) is 24.2 Å². The molecule has 0 spiro atoms. The molecule has 6 heteroatoms. The monoisotopic (exact) mass is 338 g/mol. The Hall–Kier alpha value is -1.40. The number of rotatable bonds is 5. The van der Waals surface area contributed by atoms with Crippen LogP contribution in [-0.2, 0) is 14.8 Å². The van der Waals surface area contributed by atoms with Gasteiger partial charge in [-0.15, -0.1) is 0 Å². The van der Waals surface area contributed by atoms with Gasteiger partial charge < -0.3 is 5.32 Å². The maximum atomic E-state index is 12.5. The fourth-order valence-corrected chi connectivity index (χ4v) is 4.57. The lowest BCUT2D eigenvalue weighted by Gasteiger charge is -2.31. The van der Waals surface area contributed by atoms with E-state index < -0.39 is 10.0 Å². The summed E-state index contributed by atoms with van der Waals surface area (Å²) in [7, 11) is -3.23. The molecule has 1 aliphatic heterocycles. The van der Waals surface area contributed by atoms with Gasteiger partial charge in [-0.25, -0.2) is 12.7 Å². The highest BCUT2D eigenvalue weighted by Gasteiger charge is 2.31. The molecule has 1 fully saturated rings. The van der Waals surface area contributed by atoms with Crippen LogP contribution >= 0.6 is 0 Å². The first-order chi connectivity index (χ1) is 10.8. The summed E-state index contributed by atoms with van der Waals surface area (Å²) in [6, 6.07) is 5.88. The Kier molecular flexibility index (Phi) is 5.81. The fraction of sp³-hybridized carbons (Fsp3) is 0.588. The first kappa shape index (κ1) is 17.9. The summed E-state index contributed by atoms with van der Waals surface area (Å²) in [5, 5.41) is 2.95. The average Bonchev–Trinajstić information content (AvgIpc) is 2.50. The highest BCUT2D eigenvalue weighted by atomic mass is 32.2. The van der Waals surface area contributed by atoms with Gasteiger partial charge in [0.1, 0.15) is 0 Å². The smallest absolute Gasteiger partial charge is 0.228 e.